The van der Waals surface area contributed by atoms with Crippen molar-refractivity contribution in [2.24, 2.45) is 0 Å². The Morgan fingerprint density at radius 1 is 0.714 bits per heavy atom. The summed E-state index contributed by atoms with van der Waals surface area (Å²) in [5, 5.41) is 0. The summed E-state index contributed by atoms with van der Waals surface area (Å²) in [4.78, 5) is 22.3. The molecule has 35 heavy (non-hydrogen) atoms. The van der Waals surface area contributed by atoms with Crippen LogP contribution in [0.1, 0.15) is 5.56 Å². The van der Waals surface area contributed by atoms with Crippen molar-refractivity contribution in [3.8, 4) is 33.8 Å². The molecule has 0 radical (unpaired) electrons. The second-order valence-corrected chi connectivity index (χ2v) is 6.97. The van der Waals surface area contributed by atoms with E-state index in [1.165, 1.54) is 12.3 Å². The van der Waals surface area contributed by atoms with Crippen LogP contribution in [0.15, 0.2) is 105 Å². The van der Waals surface area contributed by atoms with Crippen LogP contribution in [0, 0.1) is 0 Å². The normalized spacial score (nSPS) is 11.1. The van der Waals surface area contributed by atoms with Gasteiger partial charge >= 0.3 is 18.1 Å². The third kappa shape index (κ3) is 6.70. The minimum absolute atomic E-state index is 0.315. The Hall–Kier alpha value is -4.59. The van der Waals surface area contributed by atoms with Crippen LogP contribution >= 0.6 is 0 Å². The Morgan fingerprint density at radius 3 is 1.77 bits per heavy atom. The molecule has 5 nitrogen and oxygen atoms in total. The van der Waals surface area contributed by atoms with Gasteiger partial charge in [-0.2, -0.15) is 13.2 Å². The first-order valence-corrected chi connectivity index (χ1v) is 10.1. The molecule has 0 heterocycles. The van der Waals surface area contributed by atoms with Gasteiger partial charge in [0.05, 0.1) is 5.56 Å². The molecule has 0 fully saturated rings. The quantitative estimate of drug-likeness (QED) is 0.155. The molecule has 0 aliphatic rings. The third-order valence-electron chi connectivity index (χ3n) is 4.68. The molecule has 3 aromatic rings. The number of rotatable bonds is 8. The summed E-state index contributed by atoms with van der Waals surface area (Å²) in [6.07, 6.45) is -0.585. The van der Waals surface area contributed by atoms with E-state index in [9.17, 15) is 22.8 Å². The lowest BCUT2D eigenvalue weighted by atomic mass is 9.98. The van der Waals surface area contributed by atoms with Gasteiger partial charge in [-0.25, -0.2) is 9.59 Å². The van der Waals surface area contributed by atoms with Crippen LogP contribution in [0.4, 0.5) is 13.2 Å². The van der Waals surface area contributed by atoms with E-state index in [0.717, 1.165) is 41.7 Å². The minimum Gasteiger partial charge on any atom is -0.462 e. The first-order chi connectivity index (χ1) is 16.7. The van der Waals surface area contributed by atoms with E-state index < -0.39 is 29.4 Å². The van der Waals surface area contributed by atoms with Gasteiger partial charge in [-0.05, 0) is 46.5 Å². The summed E-state index contributed by atoms with van der Waals surface area (Å²) < 4.78 is 55.2. The number of hydrogen-bond acceptors (Lipinski definition) is 5. The maximum atomic E-state index is 13.5. The van der Waals surface area contributed by atoms with Crippen LogP contribution in [0.3, 0.4) is 0 Å². The summed E-state index contributed by atoms with van der Waals surface area (Å²) in [5.74, 6) is -1.66. The number of esters is 2. The fraction of sp³-hybridized carbons (Fsp3) is 0.0370. The molecule has 3 aromatic carbocycles. The zero-order valence-electron chi connectivity index (χ0n) is 18.2. The molecule has 0 atom stereocenters. The van der Waals surface area contributed by atoms with Crippen molar-refractivity contribution in [3.05, 3.63) is 110 Å². The van der Waals surface area contributed by atoms with Gasteiger partial charge in [0, 0.05) is 12.2 Å². The van der Waals surface area contributed by atoms with Crippen molar-refractivity contribution in [2.75, 3.05) is 0 Å². The van der Waals surface area contributed by atoms with Crippen molar-refractivity contribution >= 4 is 11.9 Å². The van der Waals surface area contributed by atoms with Crippen molar-refractivity contribution in [2.45, 2.75) is 6.18 Å². The Labute approximate surface area is 199 Å². The first-order valence-electron chi connectivity index (χ1n) is 10.1. The number of benzene rings is 3. The van der Waals surface area contributed by atoms with Crippen LogP contribution < -0.4 is 9.47 Å². The molecule has 0 N–H and O–H groups in total. The molecule has 0 bridgehead atoms. The van der Waals surface area contributed by atoms with E-state index in [1.807, 2.05) is 0 Å². The second-order valence-electron chi connectivity index (χ2n) is 6.97. The Balaban J connectivity index is 1.76. The zero-order valence-corrected chi connectivity index (χ0v) is 18.2. The van der Waals surface area contributed by atoms with Gasteiger partial charge < -0.3 is 14.2 Å². The molecular formula is C27H19F3O5. The van der Waals surface area contributed by atoms with E-state index in [-0.39, 0.29) is 0 Å². The average molecular weight is 480 g/mol. The lowest BCUT2D eigenvalue weighted by Gasteiger charge is -2.14. The summed E-state index contributed by atoms with van der Waals surface area (Å²) in [6.45, 7) is 6.47. The summed E-state index contributed by atoms with van der Waals surface area (Å²) in [6, 6.07) is 17.5. The molecule has 0 aliphatic heterocycles. The second kappa shape index (κ2) is 11.0. The van der Waals surface area contributed by atoms with Crippen LogP contribution in [0.5, 0.6) is 11.5 Å². The van der Waals surface area contributed by atoms with Crippen molar-refractivity contribution in [3.63, 3.8) is 0 Å². The third-order valence-corrected chi connectivity index (χ3v) is 4.68. The number of carbonyl (C=O) groups excluding carboxylic acids is 2. The highest BCUT2D eigenvalue weighted by atomic mass is 19.4. The van der Waals surface area contributed by atoms with E-state index in [2.05, 4.69) is 17.9 Å². The predicted octanol–water partition coefficient (Wildman–Crippen LogP) is 6.71. The molecule has 0 aromatic heterocycles. The molecule has 8 heteroatoms. The Morgan fingerprint density at radius 2 is 1.23 bits per heavy atom. The van der Waals surface area contributed by atoms with Crippen molar-refractivity contribution in [1.82, 2.24) is 0 Å². The maximum absolute atomic E-state index is 13.5. The van der Waals surface area contributed by atoms with Gasteiger partial charge in [-0.1, -0.05) is 55.6 Å². The number of carbonyl (C=O) groups is 2. The minimum atomic E-state index is -4.71. The predicted molar refractivity (Wildman–Crippen MR) is 124 cm³/mol. The SMILES string of the molecule is C=CC(=O)O/C=C\Oc1ccc(-c2ccc(-c3ccc(OC(=O)C=C)c(C(F)(F)F)c3)cc2)cc1. The van der Waals surface area contributed by atoms with E-state index in [4.69, 9.17) is 9.47 Å². The van der Waals surface area contributed by atoms with Crippen LogP contribution in [-0.4, -0.2) is 11.9 Å². The zero-order chi connectivity index (χ0) is 25.4. The van der Waals surface area contributed by atoms with E-state index in [0.29, 0.717) is 16.9 Å². The molecule has 0 saturated carbocycles. The molecule has 0 unspecified atom stereocenters. The van der Waals surface area contributed by atoms with Gasteiger partial charge in [-0.3, -0.25) is 0 Å². The molecule has 3 rings (SSSR count). The molecule has 0 amide bonds. The van der Waals surface area contributed by atoms with E-state index >= 15 is 0 Å². The summed E-state index contributed by atoms with van der Waals surface area (Å²) in [7, 11) is 0. The molecule has 0 spiro atoms. The van der Waals surface area contributed by atoms with Crippen LogP contribution in [0.2, 0.25) is 0 Å². The molecule has 0 saturated heterocycles. The topological polar surface area (TPSA) is 61.8 Å². The van der Waals surface area contributed by atoms with Crippen LogP contribution in [-0.2, 0) is 20.5 Å². The van der Waals surface area contributed by atoms with Crippen molar-refractivity contribution in [1.29, 1.82) is 0 Å². The van der Waals surface area contributed by atoms with Gasteiger partial charge in [0.1, 0.15) is 24.0 Å². The summed E-state index contributed by atoms with van der Waals surface area (Å²) in [5.41, 5.74) is 1.50. The van der Waals surface area contributed by atoms with Gasteiger partial charge in [-0.15, -0.1) is 0 Å². The molecule has 178 valence electrons. The lowest BCUT2D eigenvalue weighted by Crippen LogP contribution is -2.12. The van der Waals surface area contributed by atoms with Gasteiger partial charge in [0.25, 0.3) is 0 Å². The largest absolute Gasteiger partial charge is 0.462 e. The highest BCUT2D eigenvalue weighted by molar-refractivity contribution is 5.84. The highest BCUT2D eigenvalue weighted by Gasteiger charge is 2.35. The summed E-state index contributed by atoms with van der Waals surface area (Å²) >= 11 is 0. The smallest absolute Gasteiger partial charge is 0.420 e. The lowest BCUT2D eigenvalue weighted by molar-refractivity contribution is -0.141. The van der Waals surface area contributed by atoms with Crippen molar-refractivity contribution < 1.29 is 37.0 Å². The molecule has 0 aliphatic carbocycles. The number of alkyl halides is 3. The Kier molecular flexibility index (Phi) is 7.88. The highest BCUT2D eigenvalue weighted by Crippen LogP contribution is 2.39. The monoisotopic (exact) mass is 480 g/mol. The fourth-order valence-corrected chi connectivity index (χ4v) is 3.00. The van der Waals surface area contributed by atoms with Crippen LogP contribution in [0.25, 0.3) is 22.3 Å². The standard InChI is InChI=1S/C27H19F3O5/c1-3-25(31)34-16-15-33-22-12-9-19(10-13-22)18-5-7-20(8-6-18)21-11-14-24(35-26(32)4-2)23(17-21)27(28,29)30/h3-17H,1-2H2/b16-15-. The number of hydrogen-bond donors (Lipinski definition) is 0. The first kappa shape index (κ1) is 25.0. The van der Waals surface area contributed by atoms with E-state index in [1.54, 1.807) is 48.5 Å². The number of ether oxygens (including phenoxy) is 3. The average Bonchev–Trinajstić information content (AvgIpc) is 2.86. The van der Waals surface area contributed by atoms with Gasteiger partial charge in [0.2, 0.25) is 0 Å². The Bertz CT molecular complexity index is 1260. The fourth-order valence-electron chi connectivity index (χ4n) is 3.00. The molecular weight excluding hydrogens is 461 g/mol. The van der Waals surface area contributed by atoms with Gasteiger partial charge in [0.15, 0.2) is 0 Å². The number of halogens is 3. The maximum Gasteiger partial charge on any atom is 0.420 e.